The van der Waals surface area contributed by atoms with Crippen LogP contribution in [0.5, 0.6) is 0 Å². The van der Waals surface area contributed by atoms with Crippen molar-refractivity contribution in [3.8, 4) is 0 Å². The van der Waals surface area contributed by atoms with Crippen LogP contribution >= 0.6 is 0 Å². The minimum Gasteiger partial charge on any atom is -0.352 e. The highest BCUT2D eigenvalue weighted by molar-refractivity contribution is 7.80. The van der Waals surface area contributed by atoms with Crippen LogP contribution < -0.4 is 0 Å². The first-order valence-corrected chi connectivity index (χ1v) is 10.1. The van der Waals surface area contributed by atoms with Crippen LogP contribution in [0.25, 0.3) is 0 Å². The molecule has 0 bridgehead atoms. The molecule has 0 spiro atoms. The van der Waals surface area contributed by atoms with Gasteiger partial charge in [-0.05, 0) is 13.3 Å². The minimum atomic E-state index is -4.42. The fourth-order valence-electron chi connectivity index (χ4n) is 2.39. The molecule has 0 saturated carbocycles. The minimum absolute atomic E-state index is 0.452. The lowest BCUT2D eigenvalue weighted by molar-refractivity contribution is -0.0689. The molecule has 134 valence electrons. The van der Waals surface area contributed by atoms with Crippen LogP contribution in [-0.2, 0) is 19.3 Å². The third-order valence-corrected chi connectivity index (χ3v) is 4.12. The maximum atomic E-state index is 10.4. The first-order chi connectivity index (χ1) is 10.5. The van der Waals surface area contributed by atoms with Crippen molar-refractivity contribution >= 4 is 10.4 Å². The third kappa shape index (κ3) is 17.9. The molecule has 1 N–H and O–H groups in total. The van der Waals surface area contributed by atoms with E-state index in [0.717, 1.165) is 12.8 Å². The Bertz CT molecular complexity index is 329. The number of hydrogen-bond acceptors (Lipinski definition) is 4. The normalized spacial score (nSPS) is 13.4. The average Bonchev–Trinajstić information content (AvgIpc) is 2.42. The molecule has 0 aromatic heterocycles. The highest BCUT2D eigenvalue weighted by atomic mass is 32.3. The summed E-state index contributed by atoms with van der Waals surface area (Å²) in [6, 6.07) is 0. The van der Waals surface area contributed by atoms with Gasteiger partial charge in [-0.25, -0.2) is 4.18 Å². The van der Waals surface area contributed by atoms with E-state index in [0.29, 0.717) is 6.61 Å². The van der Waals surface area contributed by atoms with Gasteiger partial charge in [0, 0.05) is 6.61 Å². The van der Waals surface area contributed by atoms with Crippen molar-refractivity contribution < 1.29 is 21.9 Å². The van der Waals surface area contributed by atoms with Gasteiger partial charge in [0.25, 0.3) is 0 Å². The van der Waals surface area contributed by atoms with Gasteiger partial charge in [-0.15, -0.1) is 0 Å². The Labute approximate surface area is 136 Å². The predicted octanol–water partition coefficient (Wildman–Crippen LogP) is 4.87. The molecule has 0 aliphatic carbocycles. The van der Waals surface area contributed by atoms with Crippen LogP contribution in [0.4, 0.5) is 0 Å². The summed E-state index contributed by atoms with van der Waals surface area (Å²) in [5.74, 6) is 0. The van der Waals surface area contributed by atoms with E-state index in [1.807, 2.05) is 0 Å². The monoisotopic (exact) mass is 338 g/mol. The molecule has 0 amide bonds. The fourth-order valence-corrected chi connectivity index (χ4v) is 2.79. The summed E-state index contributed by atoms with van der Waals surface area (Å²) in [6.07, 6.45) is 14.3. The summed E-state index contributed by atoms with van der Waals surface area (Å²) in [7, 11) is -4.42. The Balaban J connectivity index is 3.17. The summed E-state index contributed by atoms with van der Waals surface area (Å²) in [5, 5.41) is 0. The summed E-state index contributed by atoms with van der Waals surface area (Å²) < 4.78 is 38.7. The SMILES string of the molecule is CCCCCCCCCCCCCCOC(C)OS(=O)(=O)O. The maximum absolute atomic E-state index is 10.4. The fraction of sp³-hybridized carbons (Fsp3) is 1.00. The van der Waals surface area contributed by atoms with Gasteiger partial charge in [0.2, 0.25) is 0 Å². The highest BCUT2D eigenvalue weighted by Crippen LogP contribution is 2.12. The first kappa shape index (κ1) is 21.8. The Hall–Kier alpha value is -0.170. The molecule has 0 fully saturated rings. The lowest BCUT2D eigenvalue weighted by Gasteiger charge is -2.11. The smallest absolute Gasteiger partial charge is 0.352 e. The molecule has 0 aromatic rings. The van der Waals surface area contributed by atoms with Gasteiger partial charge in [-0.1, -0.05) is 77.6 Å². The number of hydrogen-bond donors (Lipinski definition) is 1. The molecule has 0 aliphatic heterocycles. The Morgan fingerprint density at radius 3 is 1.64 bits per heavy atom. The topological polar surface area (TPSA) is 72.8 Å². The van der Waals surface area contributed by atoms with Crippen LogP contribution in [0.2, 0.25) is 0 Å². The predicted molar refractivity (Wildman–Crippen MR) is 89.1 cm³/mol. The Morgan fingerprint density at radius 1 is 0.818 bits per heavy atom. The second-order valence-electron chi connectivity index (χ2n) is 5.85. The van der Waals surface area contributed by atoms with Crippen LogP contribution in [0.15, 0.2) is 0 Å². The van der Waals surface area contributed by atoms with Crippen molar-refractivity contribution in [1.82, 2.24) is 0 Å². The highest BCUT2D eigenvalue weighted by Gasteiger charge is 2.11. The van der Waals surface area contributed by atoms with E-state index >= 15 is 0 Å². The number of ether oxygens (including phenoxy) is 1. The molecular weight excluding hydrogens is 304 g/mol. The molecule has 0 aliphatic rings. The van der Waals surface area contributed by atoms with E-state index in [1.165, 1.54) is 71.1 Å². The second-order valence-corrected chi connectivity index (χ2v) is 6.90. The molecule has 1 unspecified atom stereocenters. The van der Waals surface area contributed by atoms with Crippen molar-refractivity contribution in [2.24, 2.45) is 0 Å². The van der Waals surface area contributed by atoms with Gasteiger partial charge in [0.05, 0.1) is 0 Å². The van der Waals surface area contributed by atoms with Crippen molar-refractivity contribution in [1.29, 1.82) is 0 Å². The Morgan fingerprint density at radius 2 is 1.23 bits per heavy atom. The molecule has 6 heteroatoms. The van der Waals surface area contributed by atoms with Gasteiger partial charge >= 0.3 is 10.4 Å². The standard InChI is InChI=1S/C16H34O5S/c1-3-4-5-6-7-8-9-10-11-12-13-14-15-20-16(2)21-22(17,18)19/h16H,3-15H2,1-2H3,(H,17,18,19). The van der Waals surface area contributed by atoms with Gasteiger partial charge in [-0.3, -0.25) is 4.55 Å². The van der Waals surface area contributed by atoms with E-state index < -0.39 is 16.7 Å². The van der Waals surface area contributed by atoms with Crippen molar-refractivity contribution in [3.05, 3.63) is 0 Å². The molecule has 0 heterocycles. The lowest BCUT2D eigenvalue weighted by Crippen LogP contribution is -2.18. The van der Waals surface area contributed by atoms with E-state index in [-0.39, 0.29) is 0 Å². The van der Waals surface area contributed by atoms with Crippen LogP contribution in [0.1, 0.15) is 90.9 Å². The van der Waals surface area contributed by atoms with Crippen LogP contribution in [0.3, 0.4) is 0 Å². The zero-order valence-electron chi connectivity index (χ0n) is 14.3. The second kappa shape index (κ2) is 14.4. The summed E-state index contributed by atoms with van der Waals surface area (Å²) in [5.41, 5.74) is 0. The van der Waals surface area contributed by atoms with Gasteiger partial charge in [0.15, 0.2) is 6.29 Å². The number of rotatable bonds is 16. The molecule has 22 heavy (non-hydrogen) atoms. The Kier molecular flexibility index (Phi) is 14.3. The molecular formula is C16H34O5S. The van der Waals surface area contributed by atoms with Crippen LogP contribution in [-0.4, -0.2) is 25.9 Å². The zero-order valence-corrected chi connectivity index (χ0v) is 15.1. The summed E-state index contributed by atoms with van der Waals surface area (Å²) in [4.78, 5) is 0. The van der Waals surface area contributed by atoms with Crippen molar-refractivity contribution in [2.45, 2.75) is 97.2 Å². The largest absolute Gasteiger partial charge is 0.399 e. The summed E-state index contributed by atoms with van der Waals surface area (Å²) >= 11 is 0. The summed E-state index contributed by atoms with van der Waals surface area (Å²) in [6.45, 7) is 4.15. The van der Waals surface area contributed by atoms with E-state index in [2.05, 4.69) is 11.1 Å². The van der Waals surface area contributed by atoms with Crippen molar-refractivity contribution in [2.75, 3.05) is 6.61 Å². The van der Waals surface area contributed by atoms with Gasteiger partial charge in [0.1, 0.15) is 0 Å². The molecule has 5 nitrogen and oxygen atoms in total. The van der Waals surface area contributed by atoms with E-state index in [1.54, 1.807) is 0 Å². The number of unbranched alkanes of at least 4 members (excludes halogenated alkanes) is 11. The van der Waals surface area contributed by atoms with E-state index in [9.17, 15) is 8.42 Å². The zero-order chi connectivity index (χ0) is 16.7. The average molecular weight is 339 g/mol. The quantitative estimate of drug-likeness (QED) is 0.247. The lowest BCUT2D eigenvalue weighted by atomic mass is 10.1. The third-order valence-electron chi connectivity index (χ3n) is 3.61. The maximum Gasteiger partial charge on any atom is 0.399 e. The molecule has 1 atom stereocenters. The first-order valence-electron chi connectivity index (χ1n) is 8.73. The van der Waals surface area contributed by atoms with E-state index in [4.69, 9.17) is 9.29 Å². The van der Waals surface area contributed by atoms with Crippen LogP contribution in [0, 0.1) is 0 Å². The molecule has 0 aromatic carbocycles. The van der Waals surface area contributed by atoms with Gasteiger partial charge in [-0.2, -0.15) is 8.42 Å². The molecule has 0 saturated heterocycles. The molecule has 0 rings (SSSR count). The molecule has 0 radical (unpaired) electrons. The van der Waals surface area contributed by atoms with Crippen molar-refractivity contribution in [3.63, 3.8) is 0 Å². The van der Waals surface area contributed by atoms with Gasteiger partial charge < -0.3 is 4.74 Å².